The van der Waals surface area contributed by atoms with Gasteiger partial charge in [0.2, 0.25) is 0 Å². The lowest BCUT2D eigenvalue weighted by atomic mass is 10.1. The predicted molar refractivity (Wildman–Crippen MR) is 82.4 cm³/mol. The Hall–Kier alpha value is -1.89. The van der Waals surface area contributed by atoms with Gasteiger partial charge in [0, 0.05) is 26.3 Å². The molecule has 0 saturated carbocycles. The van der Waals surface area contributed by atoms with Gasteiger partial charge in [0.15, 0.2) is 5.96 Å². The van der Waals surface area contributed by atoms with Crippen LogP contribution in [0, 0.1) is 0 Å². The first-order chi connectivity index (χ1) is 10.6. The maximum absolute atomic E-state index is 12.0. The molecule has 22 heavy (non-hydrogen) atoms. The molecule has 0 aliphatic rings. The minimum absolute atomic E-state index is 0.155. The number of halogens is 2. The zero-order chi connectivity index (χ0) is 16.2. The molecule has 0 aliphatic carbocycles. The first-order valence-corrected chi connectivity index (χ1v) is 7.27. The highest BCUT2D eigenvalue weighted by Gasteiger charge is 2.03. The second-order valence-corrected chi connectivity index (χ2v) is 4.52. The highest BCUT2D eigenvalue weighted by molar-refractivity contribution is 5.77. The van der Waals surface area contributed by atoms with Gasteiger partial charge in [0.1, 0.15) is 5.75 Å². The van der Waals surface area contributed by atoms with Crippen LogP contribution in [0.15, 0.2) is 29.3 Å². The third kappa shape index (κ3) is 8.41. The van der Waals surface area contributed by atoms with E-state index in [-0.39, 0.29) is 5.75 Å². The van der Waals surface area contributed by atoms with Gasteiger partial charge < -0.3 is 20.5 Å². The molecule has 0 heterocycles. The summed E-state index contributed by atoms with van der Waals surface area (Å²) in [5, 5.41) is 3.00. The Morgan fingerprint density at radius 2 is 2.05 bits per heavy atom. The minimum atomic E-state index is -2.80. The van der Waals surface area contributed by atoms with E-state index >= 15 is 0 Å². The molecule has 0 amide bonds. The summed E-state index contributed by atoms with van der Waals surface area (Å²) in [5.41, 5.74) is 6.72. The molecule has 0 atom stereocenters. The molecule has 1 aromatic rings. The molecule has 124 valence electrons. The number of nitrogens with one attached hydrogen (secondary N) is 1. The molecule has 0 aromatic heterocycles. The third-order valence-corrected chi connectivity index (χ3v) is 2.80. The summed E-state index contributed by atoms with van der Waals surface area (Å²) < 4.78 is 33.5. The fourth-order valence-electron chi connectivity index (χ4n) is 1.74. The van der Waals surface area contributed by atoms with Crippen LogP contribution in [-0.4, -0.2) is 38.9 Å². The van der Waals surface area contributed by atoms with Crippen LogP contribution in [0.5, 0.6) is 5.75 Å². The van der Waals surface area contributed by atoms with Gasteiger partial charge in [-0.15, -0.1) is 0 Å². The Bertz CT molecular complexity index is 439. The van der Waals surface area contributed by atoms with Crippen LogP contribution in [0.2, 0.25) is 0 Å². The number of ether oxygens (including phenoxy) is 2. The number of nitrogens with two attached hydrogens (primary N) is 1. The second kappa shape index (κ2) is 10.8. The van der Waals surface area contributed by atoms with Crippen LogP contribution < -0.4 is 15.8 Å². The molecular formula is C15H23F2N3O2. The summed E-state index contributed by atoms with van der Waals surface area (Å²) in [6, 6.07) is 6.53. The third-order valence-electron chi connectivity index (χ3n) is 2.80. The normalized spacial score (nSPS) is 11.7. The molecule has 0 spiro atoms. The van der Waals surface area contributed by atoms with E-state index in [0.717, 1.165) is 12.0 Å². The van der Waals surface area contributed by atoms with Crippen LogP contribution in [0.4, 0.5) is 8.78 Å². The number of guanidine groups is 1. The van der Waals surface area contributed by atoms with E-state index in [4.69, 9.17) is 10.5 Å². The van der Waals surface area contributed by atoms with Crippen molar-refractivity contribution in [3.05, 3.63) is 29.8 Å². The average Bonchev–Trinajstić information content (AvgIpc) is 2.48. The molecule has 0 aliphatic heterocycles. The van der Waals surface area contributed by atoms with Crippen molar-refractivity contribution < 1.29 is 18.3 Å². The number of nitrogens with zero attached hydrogens (tertiary/aromatic N) is 1. The number of rotatable bonds is 10. The van der Waals surface area contributed by atoms with Gasteiger partial charge in [0.05, 0.1) is 0 Å². The van der Waals surface area contributed by atoms with Gasteiger partial charge >= 0.3 is 6.61 Å². The number of hydrogen-bond donors (Lipinski definition) is 2. The molecule has 0 unspecified atom stereocenters. The number of hydrogen-bond acceptors (Lipinski definition) is 3. The Morgan fingerprint density at radius 1 is 1.32 bits per heavy atom. The van der Waals surface area contributed by atoms with Crippen molar-refractivity contribution in [3.63, 3.8) is 0 Å². The van der Waals surface area contributed by atoms with Crippen molar-refractivity contribution in [3.8, 4) is 5.75 Å². The van der Waals surface area contributed by atoms with Gasteiger partial charge in [-0.2, -0.15) is 8.78 Å². The Labute approximate surface area is 129 Å². The maximum Gasteiger partial charge on any atom is 0.387 e. The Kier molecular flexibility index (Phi) is 8.90. The van der Waals surface area contributed by atoms with E-state index in [0.29, 0.717) is 38.7 Å². The monoisotopic (exact) mass is 315 g/mol. The van der Waals surface area contributed by atoms with E-state index in [1.165, 1.54) is 12.1 Å². The predicted octanol–water partition coefficient (Wildman–Crippen LogP) is 2.16. The van der Waals surface area contributed by atoms with Crippen LogP contribution in [0.3, 0.4) is 0 Å². The zero-order valence-corrected chi connectivity index (χ0v) is 12.7. The standard InChI is InChI=1S/C15H23F2N3O2/c1-2-21-11-3-9-19-15(18)20-10-8-12-4-6-13(7-5-12)22-14(16)17/h4-7,14H,2-3,8-11H2,1H3,(H3,18,19,20). The molecule has 3 N–H and O–H groups in total. The largest absolute Gasteiger partial charge is 0.435 e. The van der Waals surface area contributed by atoms with E-state index < -0.39 is 6.61 Å². The summed E-state index contributed by atoms with van der Waals surface area (Å²) in [6.45, 7) is 1.78. The lowest BCUT2D eigenvalue weighted by Gasteiger charge is -2.07. The fourth-order valence-corrected chi connectivity index (χ4v) is 1.74. The molecule has 1 aromatic carbocycles. The van der Waals surface area contributed by atoms with Gasteiger partial charge in [-0.1, -0.05) is 12.1 Å². The number of aliphatic imine (C=N–C) groups is 1. The maximum atomic E-state index is 12.0. The quantitative estimate of drug-likeness (QED) is 0.394. The molecule has 0 radical (unpaired) electrons. The van der Waals surface area contributed by atoms with Crippen LogP contribution >= 0.6 is 0 Å². The van der Waals surface area contributed by atoms with Crippen LogP contribution in [0.25, 0.3) is 0 Å². The smallest absolute Gasteiger partial charge is 0.387 e. The van der Waals surface area contributed by atoms with E-state index in [2.05, 4.69) is 15.0 Å². The van der Waals surface area contributed by atoms with Crippen LogP contribution in [-0.2, 0) is 11.2 Å². The molecule has 1 rings (SSSR count). The summed E-state index contributed by atoms with van der Waals surface area (Å²) in [7, 11) is 0. The summed E-state index contributed by atoms with van der Waals surface area (Å²) in [5.74, 6) is 0.552. The first-order valence-electron chi connectivity index (χ1n) is 7.27. The van der Waals surface area contributed by atoms with Crippen LogP contribution in [0.1, 0.15) is 18.9 Å². The molecule has 0 bridgehead atoms. The average molecular weight is 315 g/mol. The summed E-state index contributed by atoms with van der Waals surface area (Å²) >= 11 is 0. The van der Waals surface area contributed by atoms with E-state index in [9.17, 15) is 8.78 Å². The molecule has 5 nitrogen and oxygen atoms in total. The van der Waals surface area contributed by atoms with Crippen molar-refractivity contribution in [2.24, 2.45) is 10.7 Å². The zero-order valence-electron chi connectivity index (χ0n) is 12.7. The topological polar surface area (TPSA) is 68.9 Å². The van der Waals surface area contributed by atoms with Crippen molar-refractivity contribution in [1.82, 2.24) is 5.32 Å². The van der Waals surface area contributed by atoms with Gasteiger partial charge in [-0.25, -0.2) is 0 Å². The number of alkyl halides is 2. The van der Waals surface area contributed by atoms with Crippen molar-refractivity contribution >= 4 is 5.96 Å². The van der Waals surface area contributed by atoms with Crippen molar-refractivity contribution in [1.29, 1.82) is 0 Å². The highest BCUT2D eigenvalue weighted by Crippen LogP contribution is 2.14. The highest BCUT2D eigenvalue weighted by atomic mass is 19.3. The Morgan fingerprint density at radius 3 is 2.68 bits per heavy atom. The van der Waals surface area contributed by atoms with E-state index in [1.807, 2.05) is 6.92 Å². The molecule has 0 fully saturated rings. The lowest BCUT2D eigenvalue weighted by Crippen LogP contribution is -2.33. The Balaban J connectivity index is 2.21. The molecular weight excluding hydrogens is 292 g/mol. The summed E-state index contributed by atoms with van der Waals surface area (Å²) in [4.78, 5) is 4.17. The molecule has 0 saturated heterocycles. The van der Waals surface area contributed by atoms with Gasteiger partial charge in [-0.3, -0.25) is 4.99 Å². The fraction of sp³-hybridized carbons (Fsp3) is 0.533. The second-order valence-electron chi connectivity index (χ2n) is 4.52. The van der Waals surface area contributed by atoms with E-state index in [1.54, 1.807) is 12.1 Å². The van der Waals surface area contributed by atoms with Gasteiger partial charge in [-0.05, 0) is 37.5 Å². The molecule has 7 heteroatoms. The SMILES string of the molecule is CCOCCCN=C(N)NCCc1ccc(OC(F)F)cc1. The minimum Gasteiger partial charge on any atom is -0.435 e. The summed E-state index contributed by atoms with van der Waals surface area (Å²) in [6.07, 6.45) is 1.55. The first kappa shape index (κ1) is 18.2. The lowest BCUT2D eigenvalue weighted by molar-refractivity contribution is -0.0498. The number of benzene rings is 1. The van der Waals surface area contributed by atoms with Crippen molar-refractivity contribution in [2.45, 2.75) is 26.4 Å². The van der Waals surface area contributed by atoms with Gasteiger partial charge in [0.25, 0.3) is 0 Å². The van der Waals surface area contributed by atoms with Crippen molar-refractivity contribution in [2.75, 3.05) is 26.3 Å².